The van der Waals surface area contributed by atoms with Gasteiger partial charge in [0.05, 0.1) is 6.61 Å². The first-order valence-electron chi connectivity index (χ1n) is 8.56. The summed E-state index contributed by atoms with van der Waals surface area (Å²) in [5.74, 6) is -2.28. The van der Waals surface area contributed by atoms with Crippen molar-refractivity contribution in [1.82, 2.24) is 15.5 Å². The largest absolute Gasteiger partial charge is 0.454 e. The molecule has 1 aliphatic rings. The fourth-order valence-corrected chi connectivity index (χ4v) is 2.78. The van der Waals surface area contributed by atoms with E-state index in [0.717, 1.165) is 4.90 Å². The van der Waals surface area contributed by atoms with Crippen molar-refractivity contribution in [2.45, 2.75) is 52.0 Å². The molecule has 1 aliphatic heterocycles. The molecule has 10 nitrogen and oxygen atoms in total. The van der Waals surface area contributed by atoms with Gasteiger partial charge < -0.3 is 14.8 Å². The minimum Gasteiger partial charge on any atom is -0.454 e. The maximum Gasteiger partial charge on any atom is 0.413 e. The Bertz CT molecular complexity index is 570. The molecule has 0 aromatic rings. The highest BCUT2D eigenvalue weighted by atomic mass is 16.6. The van der Waals surface area contributed by atoms with Gasteiger partial charge in [0.2, 0.25) is 0 Å². The lowest BCUT2D eigenvalue weighted by atomic mass is 9.88. The summed E-state index contributed by atoms with van der Waals surface area (Å²) in [5, 5.41) is 4.53. The Labute approximate surface area is 151 Å². The van der Waals surface area contributed by atoms with Gasteiger partial charge in [0.25, 0.3) is 11.8 Å². The number of esters is 1. The Kier molecular flexibility index (Phi) is 8.01. The van der Waals surface area contributed by atoms with Crippen LogP contribution in [0, 0.1) is 0 Å². The smallest absolute Gasteiger partial charge is 0.413 e. The van der Waals surface area contributed by atoms with Gasteiger partial charge >= 0.3 is 18.1 Å². The van der Waals surface area contributed by atoms with Crippen LogP contribution in [0.3, 0.4) is 0 Å². The topological polar surface area (TPSA) is 131 Å². The van der Waals surface area contributed by atoms with Gasteiger partial charge in [-0.25, -0.2) is 9.59 Å². The first-order valence-corrected chi connectivity index (χ1v) is 8.56. The third kappa shape index (κ3) is 5.43. The van der Waals surface area contributed by atoms with Crippen LogP contribution in [0.5, 0.6) is 0 Å². The van der Waals surface area contributed by atoms with E-state index in [2.05, 4.69) is 10.1 Å². The van der Waals surface area contributed by atoms with Crippen molar-refractivity contribution in [2.75, 3.05) is 19.8 Å². The number of nitrogens with one attached hydrogen (secondary N) is 2. The zero-order valence-electron chi connectivity index (χ0n) is 15.3. The monoisotopic (exact) mass is 371 g/mol. The summed E-state index contributed by atoms with van der Waals surface area (Å²) in [7, 11) is 0. The molecule has 0 bridgehead atoms. The molecule has 1 fully saturated rings. The zero-order chi connectivity index (χ0) is 19.7. The number of nitrogens with zero attached hydrogens (tertiary/aromatic N) is 1. The molecule has 0 aliphatic carbocycles. The predicted molar refractivity (Wildman–Crippen MR) is 88.9 cm³/mol. The Morgan fingerprint density at radius 3 is 2.23 bits per heavy atom. The molecule has 1 rings (SSSR count). The van der Waals surface area contributed by atoms with Crippen molar-refractivity contribution >= 4 is 29.9 Å². The minimum atomic E-state index is -0.998. The second kappa shape index (κ2) is 9.73. The number of amides is 5. The number of imide groups is 2. The van der Waals surface area contributed by atoms with Gasteiger partial charge in [-0.1, -0.05) is 26.7 Å². The van der Waals surface area contributed by atoms with E-state index in [1.165, 1.54) is 0 Å². The first kappa shape index (κ1) is 21.4. The molecule has 5 amide bonds. The lowest BCUT2D eigenvalue weighted by Crippen LogP contribution is -2.47. The van der Waals surface area contributed by atoms with Gasteiger partial charge in [0, 0.05) is 0 Å². The number of alkyl carbamates (subject to hydrolysis) is 1. The number of rotatable bonds is 9. The van der Waals surface area contributed by atoms with E-state index in [1.54, 1.807) is 6.92 Å². The molecule has 1 heterocycles. The predicted octanol–water partition coefficient (Wildman–Crippen LogP) is 0.693. The highest BCUT2D eigenvalue weighted by Gasteiger charge is 2.50. The molecule has 146 valence electrons. The molecule has 0 unspecified atom stereocenters. The fourth-order valence-electron chi connectivity index (χ4n) is 2.78. The van der Waals surface area contributed by atoms with Crippen molar-refractivity contribution in [3.05, 3.63) is 0 Å². The van der Waals surface area contributed by atoms with E-state index in [9.17, 15) is 24.0 Å². The number of hydrogen-bond donors (Lipinski definition) is 2. The summed E-state index contributed by atoms with van der Waals surface area (Å²) in [6, 6.07) is -0.662. The molecule has 2 N–H and O–H groups in total. The molecule has 26 heavy (non-hydrogen) atoms. The quantitative estimate of drug-likeness (QED) is 0.450. The molecule has 0 radical (unpaired) electrons. The highest BCUT2D eigenvalue weighted by molar-refractivity contribution is 6.08. The number of hydrogen-bond acceptors (Lipinski definition) is 7. The van der Waals surface area contributed by atoms with E-state index >= 15 is 0 Å². The third-order valence-electron chi connectivity index (χ3n) is 3.77. The number of urea groups is 1. The average molecular weight is 371 g/mol. The normalized spacial score (nSPS) is 15.4. The van der Waals surface area contributed by atoms with E-state index < -0.39 is 48.6 Å². The summed E-state index contributed by atoms with van der Waals surface area (Å²) >= 11 is 0. The maximum absolute atomic E-state index is 12.6. The molecular weight excluding hydrogens is 346 g/mol. The van der Waals surface area contributed by atoms with Crippen LogP contribution in [0.25, 0.3) is 0 Å². The Balaban J connectivity index is 2.58. The maximum atomic E-state index is 12.6. The minimum absolute atomic E-state index is 0.0857. The second-order valence-electron chi connectivity index (χ2n) is 5.83. The molecule has 0 atom stereocenters. The highest BCUT2D eigenvalue weighted by Crippen LogP contribution is 2.27. The van der Waals surface area contributed by atoms with Crippen molar-refractivity contribution in [1.29, 1.82) is 0 Å². The Morgan fingerprint density at radius 1 is 1.08 bits per heavy atom. The SMILES string of the molecule is CCCC1(CCC)NC(=O)N(CC(=O)OCC(=O)NC(=O)OCC)C1=O. The number of ether oxygens (including phenoxy) is 2. The third-order valence-corrected chi connectivity index (χ3v) is 3.77. The lowest BCUT2D eigenvalue weighted by molar-refractivity contribution is -0.151. The molecule has 0 aromatic heterocycles. The standard InChI is InChI=1S/C16H25N3O7/c1-4-7-16(8-5-2)13(22)19(14(23)18-16)9-12(21)26-10-11(20)17-15(24)25-6-3/h4-10H2,1-3H3,(H,18,23)(H,17,20,24). The summed E-state index contributed by atoms with van der Waals surface area (Å²) in [6.45, 7) is 4.12. The Morgan fingerprint density at radius 2 is 1.69 bits per heavy atom. The van der Waals surface area contributed by atoms with Gasteiger partial charge in [-0.3, -0.25) is 24.6 Å². The molecule has 0 spiro atoms. The molecular formula is C16H25N3O7. The van der Waals surface area contributed by atoms with Gasteiger partial charge in [-0.05, 0) is 19.8 Å². The summed E-state index contributed by atoms with van der Waals surface area (Å²) in [6.07, 6.45) is 1.38. The second-order valence-corrected chi connectivity index (χ2v) is 5.83. The van der Waals surface area contributed by atoms with Crippen LogP contribution in [0.4, 0.5) is 9.59 Å². The van der Waals surface area contributed by atoms with Crippen LogP contribution >= 0.6 is 0 Å². The van der Waals surface area contributed by atoms with E-state index in [-0.39, 0.29) is 6.61 Å². The zero-order valence-corrected chi connectivity index (χ0v) is 15.3. The lowest BCUT2D eigenvalue weighted by Gasteiger charge is -2.25. The van der Waals surface area contributed by atoms with Crippen molar-refractivity contribution < 1.29 is 33.4 Å². The summed E-state index contributed by atoms with van der Waals surface area (Å²) in [5.41, 5.74) is -0.998. The number of carbonyl (C=O) groups is 5. The Hall–Kier alpha value is -2.65. The van der Waals surface area contributed by atoms with Crippen molar-refractivity contribution in [2.24, 2.45) is 0 Å². The first-order chi connectivity index (χ1) is 12.3. The molecule has 0 saturated carbocycles. The van der Waals surface area contributed by atoms with E-state index in [0.29, 0.717) is 25.7 Å². The van der Waals surface area contributed by atoms with Crippen LogP contribution < -0.4 is 10.6 Å². The van der Waals surface area contributed by atoms with Gasteiger partial charge in [-0.15, -0.1) is 0 Å². The average Bonchev–Trinajstić information content (AvgIpc) is 2.78. The molecule has 1 saturated heterocycles. The van der Waals surface area contributed by atoms with Crippen molar-refractivity contribution in [3.8, 4) is 0 Å². The van der Waals surface area contributed by atoms with E-state index in [4.69, 9.17) is 4.74 Å². The van der Waals surface area contributed by atoms with Gasteiger partial charge in [-0.2, -0.15) is 0 Å². The van der Waals surface area contributed by atoms with Crippen LogP contribution in [0.15, 0.2) is 0 Å². The van der Waals surface area contributed by atoms with Crippen LogP contribution in [0.1, 0.15) is 46.5 Å². The van der Waals surface area contributed by atoms with Crippen LogP contribution in [0.2, 0.25) is 0 Å². The van der Waals surface area contributed by atoms with Crippen LogP contribution in [-0.2, 0) is 23.9 Å². The van der Waals surface area contributed by atoms with Gasteiger partial charge in [0.1, 0.15) is 12.1 Å². The molecule has 10 heteroatoms. The van der Waals surface area contributed by atoms with E-state index in [1.807, 2.05) is 19.2 Å². The van der Waals surface area contributed by atoms with Crippen LogP contribution in [-0.4, -0.2) is 60.1 Å². The fraction of sp³-hybridized carbons (Fsp3) is 0.688. The summed E-state index contributed by atoms with van der Waals surface area (Å²) in [4.78, 5) is 59.8. The van der Waals surface area contributed by atoms with Gasteiger partial charge in [0.15, 0.2) is 6.61 Å². The van der Waals surface area contributed by atoms with Crippen molar-refractivity contribution in [3.63, 3.8) is 0 Å². The summed E-state index contributed by atoms with van der Waals surface area (Å²) < 4.78 is 9.20. The molecule has 0 aromatic carbocycles. The number of carbonyl (C=O) groups excluding carboxylic acids is 5.